The molecule has 1 aromatic rings. The van der Waals surface area contributed by atoms with E-state index in [0.29, 0.717) is 19.4 Å². The van der Waals surface area contributed by atoms with E-state index in [1.165, 1.54) is 0 Å². The van der Waals surface area contributed by atoms with E-state index in [1.54, 1.807) is 6.08 Å². The van der Waals surface area contributed by atoms with Gasteiger partial charge >= 0.3 is 5.97 Å². The number of ether oxygens (including phenoxy) is 1. The van der Waals surface area contributed by atoms with Crippen molar-refractivity contribution in [3.63, 3.8) is 0 Å². The topological polar surface area (TPSA) is 55.8 Å². The summed E-state index contributed by atoms with van der Waals surface area (Å²) < 4.78 is 14.2. The van der Waals surface area contributed by atoms with Gasteiger partial charge in [-0.3, -0.25) is 9.59 Å². The lowest BCUT2D eigenvalue weighted by molar-refractivity contribution is -0.169. The minimum absolute atomic E-state index is 0.0384. The van der Waals surface area contributed by atoms with Crippen LogP contribution in [0.4, 0.5) is 0 Å². The smallest absolute Gasteiger partial charge is 0.309 e. The van der Waals surface area contributed by atoms with Crippen molar-refractivity contribution >= 4 is 28.4 Å². The van der Waals surface area contributed by atoms with Crippen LogP contribution in [-0.4, -0.2) is 45.1 Å². The number of nitrogens with zero attached hydrogens (tertiary/aromatic N) is 1. The van der Waals surface area contributed by atoms with Crippen LogP contribution in [0, 0.1) is 5.92 Å². The molecule has 1 aromatic carbocycles. The second-order valence-electron chi connectivity index (χ2n) is 11.4. The fourth-order valence-corrected chi connectivity index (χ4v) is 7.55. The predicted molar refractivity (Wildman–Crippen MR) is 135 cm³/mol. The molecular formula is C25H41NO4Si2. The van der Waals surface area contributed by atoms with Crippen LogP contribution in [0.15, 0.2) is 43.0 Å². The first-order chi connectivity index (χ1) is 14.6. The Balaban J connectivity index is 2.23. The Morgan fingerprint density at radius 3 is 2.25 bits per heavy atom. The van der Waals surface area contributed by atoms with Crippen LogP contribution in [0.2, 0.25) is 37.8 Å². The van der Waals surface area contributed by atoms with Gasteiger partial charge in [0.05, 0.1) is 5.92 Å². The summed E-state index contributed by atoms with van der Waals surface area (Å²) in [5, 5.41) is 0.0448. The highest BCUT2D eigenvalue weighted by atomic mass is 28.4. The third-order valence-electron chi connectivity index (χ3n) is 6.64. The molecule has 2 rings (SSSR count). The van der Waals surface area contributed by atoms with Crippen LogP contribution in [0.5, 0.6) is 0 Å². The summed E-state index contributed by atoms with van der Waals surface area (Å²) in [6.07, 6.45) is 2.52. The van der Waals surface area contributed by atoms with E-state index < -0.39 is 28.1 Å². The number of hydrogen-bond donors (Lipinski definition) is 0. The molecule has 32 heavy (non-hydrogen) atoms. The maximum Gasteiger partial charge on any atom is 0.309 e. The van der Waals surface area contributed by atoms with Gasteiger partial charge in [-0.1, -0.05) is 70.3 Å². The number of amides is 1. The van der Waals surface area contributed by atoms with Gasteiger partial charge in [-0.2, -0.15) is 0 Å². The van der Waals surface area contributed by atoms with E-state index in [1.807, 2.05) is 34.9 Å². The van der Waals surface area contributed by atoms with E-state index in [9.17, 15) is 9.59 Å². The van der Waals surface area contributed by atoms with Crippen LogP contribution in [-0.2, 0) is 25.4 Å². The number of rotatable bonds is 10. The number of hydrogen-bond acceptors (Lipinski definition) is 4. The van der Waals surface area contributed by atoms with E-state index in [-0.39, 0.29) is 23.5 Å². The standard InChI is InChI=1S/C25H41NO4Si2/c1-10-14-21(22(27)29-18-20-15-12-11-13-16-20)17-25(30-31(5,6)7)19-26(23(25)28)32(8,9)24(2,3)4/h10-13,15-16,21H,1,14,17-19H2,2-9H3/t21-,25-/m0/s1. The third-order valence-corrected chi connectivity index (χ3v) is 13.0. The van der Waals surface area contributed by atoms with Gasteiger partial charge in [0.1, 0.15) is 6.61 Å². The van der Waals surface area contributed by atoms with E-state index >= 15 is 0 Å². The zero-order valence-electron chi connectivity index (χ0n) is 21.2. The maximum absolute atomic E-state index is 13.7. The first-order valence-corrected chi connectivity index (χ1v) is 17.8. The zero-order valence-corrected chi connectivity index (χ0v) is 23.2. The summed E-state index contributed by atoms with van der Waals surface area (Å²) in [6, 6.07) is 9.63. The first-order valence-electron chi connectivity index (χ1n) is 11.5. The molecule has 0 aliphatic carbocycles. The van der Waals surface area contributed by atoms with Crippen LogP contribution in [0.25, 0.3) is 0 Å². The highest BCUT2D eigenvalue weighted by molar-refractivity contribution is 6.80. The fourth-order valence-electron chi connectivity index (χ4n) is 3.97. The summed E-state index contributed by atoms with van der Waals surface area (Å²) in [7, 11) is -4.07. The van der Waals surface area contributed by atoms with Crippen molar-refractivity contribution in [1.82, 2.24) is 4.57 Å². The average molecular weight is 476 g/mol. The van der Waals surface area contributed by atoms with E-state index in [0.717, 1.165) is 5.56 Å². The Bertz CT molecular complexity index is 827. The highest BCUT2D eigenvalue weighted by Gasteiger charge is 2.61. The van der Waals surface area contributed by atoms with Gasteiger partial charge in [0.25, 0.3) is 0 Å². The molecule has 2 atom stereocenters. The lowest BCUT2D eigenvalue weighted by Crippen LogP contribution is -2.78. The van der Waals surface area contributed by atoms with Crippen molar-refractivity contribution in [3.8, 4) is 0 Å². The molecule has 0 spiro atoms. The Labute approximate surface area is 196 Å². The summed E-state index contributed by atoms with van der Waals surface area (Å²) in [6.45, 7) is 21.9. The zero-order chi connectivity index (χ0) is 24.4. The van der Waals surface area contributed by atoms with Crippen molar-refractivity contribution in [2.24, 2.45) is 5.92 Å². The lowest BCUT2D eigenvalue weighted by Gasteiger charge is -2.59. The van der Waals surface area contributed by atoms with Gasteiger partial charge in [-0.05, 0) is 43.1 Å². The Hall–Kier alpha value is -1.71. The van der Waals surface area contributed by atoms with Crippen molar-refractivity contribution in [2.75, 3.05) is 6.54 Å². The van der Waals surface area contributed by atoms with Crippen LogP contribution >= 0.6 is 0 Å². The molecule has 1 heterocycles. The van der Waals surface area contributed by atoms with Crippen LogP contribution in [0.3, 0.4) is 0 Å². The van der Waals surface area contributed by atoms with Crippen molar-refractivity contribution in [1.29, 1.82) is 0 Å². The van der Waals surface area contributed by atoms with Crippen LogP contribution in [0.1, 0.15) is 39.2 Å². The molecule has 178 valence electrons. The number of β-lactam (4-membered cyclic amide) rings is 1. The number of carbonyl (C=O) groups excluding carboxylic acids is 2. The van der Waals surface area contributed by atoms with Gasteiger partial charge in [0.2, 0.25) is 5.91 Å². The quantitative estimate of drug-likeness (QED) is 0.187. The monoisotopic (exact) mass is 475 g/mol. The molecule has 7 heteroatoms. The SMILES string of the molecule is C=CC[C@@H](C[C@]1(O[Si](C)(C)C)CN([Si](C)(C)C(C)(C)C)C1=O)C(=O)OCc1ccccc1. The number of allylic oxidation sites excluding steroid dienone is 1. The predicted octanol–water partition coefficient (Wildman–Crippen LogP) is 5.75. The van der Waals surface area contributed by atoms with Gasteiger partial charge < -0.3 is 13.7 Å². The molecule has 0 unspecified atom stereocenters. The van der Waals surface area contributed by atoms with E-state index in [4.69, 9.17) is 9.16 Å². The normalized spacial score (nSPS) is 20.5. The molecule has 1 aliphatic heterocycles. The molecule has 5 nitrogen and oxygen atoms in total. The second kappa shape index (κ2) is 9.65. The first kappa shape index (κ1) is 26.5. The molecule has 0 N–H and O–H groups in total. The summed E-state index contributed by atoms with van der Waals surface area (Å²) in [4.78, 5) is 26.7. The number of carbonyl (C=O) groups is 2. The molecule has 0 saturated carbocycles. The van der Waals surface area contributed by atoms with Crippen LogP contribution < -0.4 is 0 Å². The van der Waals surface area contributed by atoms with Gasteiger partial charge in [-0.15, -0.1) is 6.58 Å². The van der Waals surface area contributed by atoms with Gasteiger partial charge in [-0.25, -0.2) is 0 Å². The Kier molecular flexibility index (Phi) is 8.01. The highest BCUT2D eigenvalue weighted by Crippen LogP contribution is 2.46. The molecule has 1 amide bonds. The molecule has 0 aromatic heterocycles. The largest absolute Gasteiger partial charge is 0.461 e. The lowest BCUT2D eigenvalue weighted by atomic mass is 9.83. The minimum atomic E-state index is -2.04. The van der Waals surface area contributed by atoms with Gasteiger partial charge in [0.15, 0.2) is 22.2 Å². The third kappa shape index (κ3) is 6.00. The number of benzene rings is 1. The van der Waals surface area contributed by atoms with Crippen molar-refractivity contribution in [3.05, 3.63) is 48.6 Å². The van der Waals surface area contributed by atoms with Gasteiger partial charge in [0, 0.05) is 6.54 Å². The maximum atomic E-state index is 13.7. The van der Waals surface area contributed by atoms with Crippen molar-refractivity contribution in [2.45, 2.75) is 83.6 Å². The molecule has 1 fully saturated rings. The summed E-state index contributed by atoms with van der Waals surface area (Å²) in [5.74, 6) is -0.722. The molecule has 1 aliphatic rings. The number of esters is 1. The molecule has 0 radical (unpaired) electrons. The average Bonchev–Trinajstić information content (AvgIpc) is 2.68. The summed E-state index contributed by atoms with van der Waals surface area (Å²) >= 11 is 0. The Morgan fingerprint density at radius 2 is 1.78 bits per heavy atom. The second-order valence-corrected chi connectivity index (χ2v) is 21.0. The fraction of sp³-hybridized carbons (Fsp3) is 0.600. The minimum Gasteiger partial charge on any atom is -0.461 e. The molecular weight excluding hydrogens is 434 g/mol. The molecule has 1 saturated heterocycles. The Morgan fingerprint density at radius 1 is 1.19 bits per heavy atom. The molecule has 0 bridgehead atoms. The van der Waals surface area contributed by atoms with E-state index in [2.05, 4.69) is 60.1 Å². The summed E-state index contributed by atoms with van der Waals surface area (Å²) in [5.41, 5.74) is -0.00511. The van der Waals surface area contributed by atoms with Crippen molar-refractivity contribution < 1.29 is 18.8 Å².